The minimum Gasteiger partial charge on any atom is -0.425 e. The third-order valence-corrected chi connectivity index (χ3v) is 2.99. The normalized spacial score (nSPS) is 22.3. The first-order valence-electron chi connectivity index (χ1n) is 6.28. The van der Waals surface area contributed by atoms with Gasteiger partial charge in [0.25, 0.3) is 0 Å². The van der Waals surface area contributed by atoms with E-state index in [0.29, 0.717) is 11.8 Å². The van der Waals surface area contributed by atoms with Gasteiger partial charge in [-0.2, -0.15) is 0 Å². The lowest BCUT2D eigenvalue weighted by atomic mass is 10.0. The van der Waals surface area contributed by atoms with Crippen LogP contribution < -0.4 is 5.32 Å². The SMILES string of the molecule is CC(C)Cc1nnc(C2CCCNCC2)o1. The van der Waals surface area contributed by atoms with E-state index in [-0.39, 0.29) is 0 Å². The predicted octanol–water partition coefficient (Wildman–Crippen LogP) is 2.13. The molecular formula is C12H21N3O. The lowest BCUT2D eigenvalue weighted by Gasteiger charge is -2.07. The van der Waals surface area contributed by atoms with Crippen molar-refractivity contribution in [2.24, 2.45) is 5.92 Å². The average molecular weight is 223 g/mol. The molecule has 0 saturated carbocycles. The molecule has 1 aromatic rings. The molecule has 0 radical (unpaired) electrons. The van der Waals surface area contributed by atoms with Gasteiger partial charge in [-0.1, -0.05) is 13.8 Å². The monoisotopic (exact) mass is 223 g/mol. The first-order chi connectivity index (χ1) is 7.75. The molecule has 4 nitrogen and oxygen atoms in total. The van der Waals surface area contributed by atoms with Crippen LogP contribution in [0.4, 0.5) is 0 Å². The maximum absolute atomic E-state index is 5.74. The van der Waals surface area contributed by atoms with Crippen molar-refractivity contribution >= 4 is 0 Å². The molecule has 1 aromatic heterocycles. The second-order valence-corrected chi connectivity index (χ2v) is 5.01. The second kappa shape index (κ2) is 5.43. The van der Waals surface area contributed by atoms with E-state index in [1.165, 1.54) is 6.42 Å². The Morgan fingerprint density at radius 2 is 2.19 bits per heavy atom. The van der Waals surface area contributed by atoms with Gasteiger partial charge in [0, 0.05) is 12.3 Å². The van der Waals surface area contributed by atoms with E-state index in [1.807, 2.05) is 0 Å². The molecule has 0 spiro atoms. The van der Waals surface area contributed by atoms with Crippen LogP contribution >= 0.6 is 0 Å². The Labute approximate surface area is 96.8 Å². The zero-order valence-electron chi connectivity index (χ0n) is 10.2. The van der Waals surface area contributed by atoms with Crippen molar-refractivity contribution in [1.82, 2.24) is 15.5 Å². The highest BCUT2D eigenvalue weighted by molar-refractivity contribution is 4.93. The summed E-state index contributed by atoms with van der Waals surface area (Å²) in [5, 5.41) is 11.7. The van der Waals surface area contributed by atoms with Gasteiger partial charge < -0.3 is 9.73 Å². The molecule has 1 unspecified atom stereocenters. The van der Waals surface area contributed by atoms with Crippen molar-refractivity contribution in [3.05, 3.63) is 11.8 Å². The molecule has 1 fully saturated rings. The first kappa shape index (κ1) is 11.6. The van der Waals surface area contributed by atoms with Crippen LogP contribution in [0, 0.1) is 5.92 Å². The van der Waals surface area contributed by atoms with Gasteiger partial charge in [-0.05, 0) is 38.3 Å². The van der Waals surface area contributed by atoms with E-state index in [0.717, 1.165) is 44.1 Å². The van der Waals surface area contributed by atoms with Crippen molar-refractivity contribution in [3.63, 3.8) is 0 Å². The van der Waals surface area contributed by atoms with Gasteiger partial charge in [0.2, 0.25) is 11.8 Å². The number of rotatable bonds is 3. The zero-order chi connectivity index (χ0) is 11.4. The molecule has 0 amide bonds. The molecular weight excluding hydrogens is 202 g/mol. The Hall–Kier alpha value is -0.900. The van der Waals surface area contributed by atoms with Crippen molar-refractivity contribution in [1.29, 1.82) is 0 Å². The summed E-state index contributed by atoms with van der Waals surface area (Å²) in [5.74, 6) is 2.68. The van der Waals surface area contributed by atoms with Crippen molar-refractivity contribution < 1.29 is 4.42 Å². The molecule has 1 N–H and O–H groups in total. The zero-order valence-corrected chi connectivity index (χ0v) is 10.2. The Kier molecular flexibility index (Phi) is 3.93. The van der Waals surface area contributed by atoms with E-state index in [2.05, 4.69) is 29.4 Å². The molecule has 16 heavy (non-hydrogen) atoms. The smallest absolute Gasteiger partial charge is 0.219 e. The van der Waals surface area contributed by atoms with Crippen LogP contribution in [-0.2, 0) is 6.42 Å². The fourth-order valence-electron chi connectivity index (χ4n) is 2.13. The summed E-state index contributed by atoms with van der Waals surface area (Å²) < 4.78 is 5.74. The summed E-state index contributed by atoms with van der Waals surface area (Å²) in [7, 11) is 0. The maximum atomic E-state index is 5.74. The summed E-state index contributed by atoms with van der Waals surface area (Å²) in [6.45, 7) is 6.51. The first-order valence-corrected chi connectivity index (χ1v) is 6.28. The van der Waals surface area contributed by atoms with E-state index in [4.69, 9.17) is 4.42 Å². The maximum Gasteiger partial charge on any atom is 0.219 e. The number of nitrogens with zero attached hydrogens (tertiary/aromatic N) is 2. The van der Waals surface area contributed by atoms with Crippen LogP contribution in [-0.4, -0.2) is 23.3 Å². The van der Waals surface area contributed by atoms with Crippen molar-refractivity contribution in [2.45, 2.75) is 45.4 Å². The van der Waals surface area contributed by atoms with Gasteiger partial charge in [-0.15, -0.1) is 10.2 Å². The summed E-state index contributed by atoms with van der Waals surface area (Å²) in [5.41, 5.74) is 0. The largest absolute Gasteiger partial charge is 0.425 e. The quantitative estimate of drug-likeness (QED) is 0.852. The van der Waals surface area contributed by atoms with Gasteiger partial charge in [-0.25, -0.2) is 0 Å². The van der Waals surface area contributed by atoms with E-state index >= 15 is 0 Å². The lowest BCUT2D eigenvalue weighted by molar-refractivity contribution is 0.385. The molecule has 1 aliphatic heterocycles. The Morgan fingerprint density at radius 3 is 3.00 bits per heavy atom. The lowest BCUT2D eigenvalue weighted by Crippen LogP contribution is -2.13. The third-order valence-electron chi connectivity index (χ3n) is 2.99. The molecule has 1 aliphatic rings. The van der Waals surface area contributed by atoms with Crippen LogP contribution in [0.3, 0.4) is 0 Å². The van der Waals surface area contributed by atoms with E-state index in [1.54, 1.807) is 0 Å². The molecule has 0 bridgehead atoms. The Balaban J connectivity index is 1.99. The predicted molar refractivity (Wildman–Crippen MR) is 62.3 cm³/mol. The molecule has 0 aliphatic carbocycles. The minimum absolute atomic E-state index is 0.461. The number of hydrogen-bond acceptors (Lipinski definition) is 4. The van der Waals surface area contributed by atoms with Gasteiger partial charge >= 0.3 is 0 Å². The molecule has 90 valence electrons. The number of nitrogens with one attached hydrogen (secondary N) is 1. The molecule has 2 heterocycles. The Morgan fingerprint density at radius 1 is 1.31 bits per heavy atom. The molecule has 4 heteroatoms. The van der Waals surface area contributed by atoms with Crippen LogP contribution in [0.1, 0.15) is 50.8 Å². The summed E-state index contributed by atoms with van der Waals surface area (Å²) in [6, 6.07) is 0. The molecule has 1 atom stereocenters. The molecule has 1 saturated heterocycles. The van der Waals surface area contributed by atoms with Crippen molar-refractivity contribution in [3.8, 4) is 0 Å². The summed E-state index contributed by atoms with van der Waals surface area (Å²) in [4.78, 5) is 0. The summed E-state index contributed by atoms with van der Waals surface area (Å²) in [6.07, 6.45) is 4.37. The van der Waals surface area contributed by atoms with Crippen LogP contribution in [0.25, 0.3) is 0 Å². The summed E-state index contributed by atoms with van der Waals surface area (Å²) >= 11 is 0. The highest BCUT2D eigenvalue weighted by Gasteiger charge is 2.20. The van der Waals surface area contributed by atoms with Crippen LogP contribution in [0.2, 0.25) is 0 Å². The fraction of sp³-hybridized carbons (Fsp3) is 0.833. The van der Waals surface area contributed by atoms with Gasteiger partial charge in [-0.3, -0.25) is 0 Å². The highest BCUT2D eigenvalue weighted by atomic mass is 16.4. The van der Waals surface area contributed by atoms with E-state index < -0.39 is 0 Å². The average Bonchev–Trinajstić information content (AvgIpc) is 2.53. The molecule has 2 rings (SSSR count). The van der Waals surface area contributed by atoms with Gasteiger partial charge in [0.05, 0.1) is 0 Å². The number of hydrogen-bond donors (Lipinski definition) is 1. The standard InChI is InChI=1S/C12H21N3O/c1-9(2)8-11-14-15-12(16-11)10-4-3-6-13-7-5-10/h9-10,13H,3-8H2,1-2H3. The second-order valence-electron chi connectivity index (χ2n) is 5.01. The van der Waals surface area contributed by atoms with Crippen LogP contribution in [0.5, 0.6) is 0 Å². The highest BCUT2D eigenvalue weighted by Crippen LogP contribution is 2.25. The van der Waals surface area contributed by atoms with Gasteiger partial charge in [0.15, 0.2) is 0 Å². The van der Waals surface area contributed by atoms with Crippen LogP contribution in [0.15, 0.2) is 4.42 Å². The fourth-order valence-corrected chi connectivity index (χ4v) is 2.13. The van der Waals surface area contributed by atoms with E-state index in [9.17, 15) is 0 Å². The van der Waals surface area contributed by atoms with Crippen molar-refractivity contribution in [2.75, 3.05) is 13.1 Å². The number of aromatic nitrogens is 2. The topological polar surface area (TPSA) is 51.0 Å². The minimum atomic E-state index is 0.461. The Bertz CT molecular complexity index is 314. The molecule has 0 aromatic carbocycles. The van der Waals surface area contributed by atoms with Gasteiger partial charge in [0.1, 0.15) is 0 Å². The third kappa shape index (κ3) is 3.04.